The van der Waals surface area contributed by atoms with Crippen LogP contribution in [-0.2, 0) is 30.7 Å². The van der Waals surface area contributed by atoms with Gasteiger partial charge in [-0.3, -0.25) is 4.99 Å². The van der Waals surface area contributed by atoms with E-state index in [0.29, 0.717) is 38.7 Å². The van der Waals surface area contributed by atoms with Gasteiger partial charge in [-0.25, -0.2) is 4.39 Å². The molecule has 2 aromatic rings. The number of aliphatic imine (C=N–C) groups is 1. The first-order valence-corrected chi connectivity index (χ1v) is 11.0. The Morgan fingerprint density at radius 3 is 2.82 bits per heavy atom. The Morgan fingerprint density at radius 2 is 2.03 bits per heavy atom. The van der Waals surface area contributed by atoms with Crippen LogP contribution in [0, 0.1) is 5.82 Å². The van der Waals surface area contributed by atoms with Crippen LogP contribution in [0.25, 0.3) is 0 Å². The minimum Gasteiger partial charge on any atom is -0.494 e. The predicted molar refractivity (Wildman–Crippen MR) is 135 cm³/mol. The molecule has 1 unspecified atom stereocenters. The Morgan fingerprint density at radius 1 is 1.18 bits per heavy atom. The summed E-state index contributed by atoms with van der Waals surface area (Å²) in [7, 11) is 1.72. The summed E-state index contributed by atoms with van der Waals surface area (Å²) in [4.78, 5) is 4.30. The SMILES string of the molecule is CCOc1cc2c(cc1CNC(=NC)NCCc1cc(F)cc3c1OCOC3)OC(C)C2.I. The van der Waals surface area contributed by atoms with Gasteiger partial charge in [-0.15, -0.1) is 24.0 Å². The third-order valence-corrected chi connectivity index (χ3v) is 5.49. The summed E-state index contributed by atoms with van der Waals surface area (Å²) in [6.45, 7) is 6.30. The molecule has 0 amide bonds. The average molecular weight is 571 g/mol. The molecule has 0 saturated carbocycles. The third-order valence-electron chi connectivity index (χ3n) is 5.49. The van der Waals surface area contributed by atoms with Gasteiger partial charge >= 0.3 is 0 Å². The van der Waals surface area contributed by atoms with E-state index in [1.165, 1.54) is 17.7 Å². The van der Waals surface area contributed by atoms with Gasteiger partial charge in [0.2, 0.25) is 0 Å². The summed E-state index contributed by atoms with van der Waals surface area (Å²) in [6, 6.07) is 7.10. The maximum absolute atomic E-state index is 13.9. The summed E-state index contributed by atoms with van der Waals surface area (Å²) in [5.74, 6) is 2.86. The normalized spacial score (nSPS) is 16.6. The van der Waals surface area contributed by atoms with Crippen LogP contribution < -0.4 is 24.8 Å². The number of halogens is 2. The number of nitrogens with one attached hydrogen (secondary N) is 2. The lowest BCUT2D eigenvalue weighted by atomic mass is 10.1. The minimum absolute atomic E-state index is 0. The molecule has 4 rings (SSSR count). The van der Waals surface area contributed by atoms with E-state index >= 15 is 0 Å². The number of benzene rings is 2. The van der Waals surface area contributed by atoms with Crippen LogP contribution in [-0.4, -0.2) is 39.1 Å². The van der Waals surface area contributed by atoms with Crippen molar-refractivity contribution in [2.24, 2.45) is 4.99 Å². The first-order valence-electron chi connectivity index (χ1n) is 11.0. The summed E-state index contributed by atoms with van der Waals surface area (Å²) in [5.41, 5.74) is 3.74. The molecule has 1 atom stereocenters. The molecule has 180 valence electrons. The molecule has 2 aromatic carbocycles. The van der Waals surface area contributed by atoms with E-state index in [1.54, 1.807) is 7.05 Å². The molecule has 9 heteroatoms. The van der Waals surface area contributed by atoms with Gasteiger partial charge in [-0.1, -0.05) is 0 Å². The molecular weight excluding hydrogens is 540 g/mol. The van der Waals surface area contributed by atoms with Crippen molar-refractivity contribution in [1.29, 1.82) is 0 Å². The van der Waals surface area contributed by atoms with Crippen LogP contribution in [0.1, 0.15) is 36.1 Å². The molecule has 7 nitrogen and oxygen atoms in total. The number of hydrogen-bond acceptors (Lipinski definition) is 5. The van der Waals surface area contributed by atoms with Gasteiger partial charge in [-0.05, 0) is 50.1 Å². The smallest absolute Gasteiger partial charge is 0.191 e. The van der Waals surface area contributed by atoms with Crippen molar-refractivity contribution >= 4 is 29.9 Å². The molecule has 2 N–H and O–H groups in total. The minimum atomic E-state index is -0.285. The number of guanidine groups is 1. The zero-order valence-electron chi connectivity index (χ0n) is 19.2. The lowest BCUT2D eigenvalue weighted by Gasteiger charge is -2.21. The highest BCUT2D eigenvalue weighted by Gasteiger charge is 2.22. The molecule has 2 heterocycles. The van der Waals surface area contributed by atoms with Gasteiger partial charge in [0.1, 0.15) is 29.2 Å². The number of nitrogens with zero attached hydrogens (tertiary/aromatic N) is 1. The van der Waals surface area contributed by atoms with E-state index in [2.05, 4.69) is 28.6 Å². The number of rotatable bonds is 7. The molecule has 2 aliphatic heterocycles. The van der Waals surface area contributed by atoms with Gasteiger partial charge < -0.3 is 29.6 Å². The fraction of sp³-hybridized carbons (Fsp3) is 0.458. The van der Waals surface area contributed by atoms with Crippen molar-refractivity contribution in [2.45, 2.75) is 45.9 Å². The highest BCUT2D eigenvalue weighted by molar-refractivity contribution is 14.0. The largest absolute Gasteiger partial charge is 0.494 e. The van der Waals surface area contributed by atoms with Crippen LogP contribution in [0.5, 0.6) is 17.2 Å². The monoisotopic (exact) mass is 571 g/mol. The topological polar surface area (TPSA) is 73.3 Å². The molecule has 0 fully saturated rings. The van der Waals surface area contributed by atoms with Crippen molar-refractivity contribution in [1.82, 2.24) is 10.6 Å². The second-order valence-electron chi connectivity index (χ2n) is 7.90. The Bertz CT molecular complexity index is 1000. The van der Waals surface area contributed by atoms with Crippen molar-refractivity contribution in [3.63, 3.8) is 0 Å². The maximum atomic E-state index is 13.9. The van der Waals surface area contributed by atoms with Crippen LogP contribution in [0.4, 0.5) is 4.39 Å². The van der Waals surface area contributed by atoms with Gasteiger partial charge in [0, 0.05) is 43.2 Å². The van der Waals surface area contributed by atoms with E-state index in [-0.39, 0.29) is 42.7 Å². The Balaban J connectivity index is 0.00000306. The second-order valence-corrected chi connectivity index (χ2v) is 7.90. The van der Waals surface area contributed by atoms with E-state index < -0.39 is 0 Å². The van der Waals surface area contributed by atoms with E-state index in [4.69, 9.17) is 18.9 Å². The van der Waals surface area contributed by atoms with E-state index in [1.807, 2.05) is 13.0 Å². The van der Waals surface area contributed by atoms with Crippen molar-refractivity contribution in [2.75, 3.05) is 27.0 Å². The first-order chi connectivity index (χ1) is 15.6. The number of hydrogen-bond donors (Lipinski definition) is 2. The molecule has 0 radical (unpaired) electrons. The zero-order chi connectivity index (χ0) is 22.5. The summed E-state index contributed by atoms with van der Waals surface area (Å²) < 4.78 is 36.5. The fourth-order valence-corrected chi connectivity index (χ4v) is 4.07. The highest BCUT2D eigenvalue weighted by Crippen LogP contribution is 2.35. The number of fused-ring (bicyclic) bond motifs is 2. The van der Waals surface area contributed by atoms with Gasteiger partial charge in [0.05, 0.1) is 13.2 Å². The predicted octanol–water partition coefficient (Wildman–Crippen LogP) is 3.94. The number of ether oxygens (including phenoxy) is 4. The fourth-order valence-electron chi connectivity index (χ4n) is 4.07. The Hall–Kier alpha value is -2.27. The molecule has 0 saturated heterocycles. The Kier molecular flexibility index (Phi) is 9.02. The van der Waals surface area contributed by atoms with Crippen molar-refractivity contribution in [3.05, 3.63) is 52.3 Å². The standard InChI is InChI=1S/C24H30FN3O4.HI/c1-4-30-21-10-17-7-15(2)32-22(17)11-18(21)12-28-24(26-3)27-6-5-16-8-20(25)9-19-13-29-14-31-23(16)19;/h8-11,15H,4-7,12-14H2,1-3H3,(H2,26,27,28);1H. The molecule has 0 aromatic heterocycles. The van der Waals surface area contributed by atoms with Gasteiger partial charge in [0.25, 0.3) is 0 Å². The lowest BCUT2D eigenvalue weighted by Crippen LogP contribution is -2.38. The van der Waals surface area contributed by atoms with E-state index in [0.717, 1.165) is 40.4 Å². The van der Waals surface area contributed by atoms with Crippen molar-refractivity contribution in [3.8, 4) is 17.2 Å². The first kappa shape index (κ1) is 25.4. The lowest BCUT2D eigenvalue weighted by molar-refractivity contribution is -0.0172. The second kappa shape index (κ2) is 11.7. The molecule has 33 heavy (non-hydrogen) atoms. The maximum Gasteiger partial charge on any atom is 0.191 e. The Labute approximate surface area is 211 Å². The summed E-state index contributed by atoms with van der Waals surface area (Å²) in [5, 5.41) is 6.61. The molecular formula is C24H31FIN3O4. The van der Waals surface area contributed by atoms with Gasteiger partial charge in [0.15, 0.2) is 12.8 Å². The molecule has 2 aliphatic rings. The van der Waals surface area contributed by atoms with Crippen LogP contribution in [0.3, 0.4) is 0 Å². The highest BCUT2D eigenvalue weighted by atomic mass is 127. The van der Waals surface area contributed by atoms with Crippen LogP contribution in [0.15, 0.2) is 29.3 Å². The summed E-state index contributed by atoms with van der Waals surface area (Å²) >= 11 is 0. The molecule has 0 aliphatic carbocycles. The van der Waals surface area contributed by atoms with Crippen LogP contribution >= 0.6 is 24.0 Å². The quantitative estimate of drug-likeness (QED) is 0.298. The summed E-state index contributed by atoms with van der Waals surface area (Å²) in [6.07, 6.45) is 1.67. The van der Waals surface area contributed by atoms with Gasteiger partial charge in [-0.2, -0.15) is 0 Å². The van der Waals surface area contributed by atoms with Crippen LogP contribution in [0.2, 0.25) is 0 Å². The molecule has 0 bridgehead atoms. The average Bonchev–Trinajstić information content (AvgIpc) is 3.14. The molecule has 0 spiro atoms. The van der Waals surface area contributed by atoms with Crippen molar-refractivity contribution < 1.29 is 23.3 Å². The third kappa shape index (κ3) is 6.20. The van der Waals surface area contributed by atoms with E-state index in [9.17, 15) is 4.39 Å². The zero-order valence-corrected chi connectivity index (χ0v) is 21.5.